The Morgan fingerprint density at radius 2 is 1.10 bits per heavy atom. The lowest BCUT2D eigenvalue weighted by molar-refractivity contribution is 0.145. The molecule has 0 radical (unpaired) electrons. The molecule has 2 aromatic heterocycles. The highest BCUT2D eigenvalue weighted by Crippen LogP contribution is 2.33. The fraction of sp³-hybridized carbons (Fsp3) is 0.375. The van der Waals surface area contributed by atoms with Crippen molar-refractivity contribution in [3.8, 4) is 0 Å². The third-order valence-electron chi connectivity index (χ3n) is 3.39. The molecule has 4 nitrogen and oxygen atoms in total. The van der Waals surface area contributed by atoms with E-state index in [4.69, 9.17) is 0 Å². The summed E-state index contributed by atoms with van der Waals surface area (Å²) in [4.78, 5) is 13.5. The van der Waals surface area contributed by atoms with Gasteiger partial charge in [0, 0.05) is 12.4 Å². The lowest BCUT2D eigenvalue weighted by Gasteiger charge is -2.35. The molecule has 0 aliphatic carbocycles. The Bertz CT molecular complexity index is 461. The van der Waals surface area contributed by atoms with Crippen LogP contribution in [0, 0.1) is 0 Å². The van der Waals surface area contributed by atoms with Crippen LogP contribution >= 0.6 is 0 Å². The second-order valence-electron chi connectivity index (χ2n) is 5.33. The van der Waals surface area contributed by atoms with Crippen molar-refractivity contribution >= 4 is 0 Å². The highest BCUT2D eigenvalue weighted by molar-refractivity contribution is 5.18. The second-order valence-corrected chi connectivity index (χ2v) is 5.33. The predicted molar refractivity (Wildman–Crippen MR) is 81.3 cm³/mol. The molecule has 0 fully saturated rings. The number of pyridine rings is 2. The number of hydrogen-bond donors (Lipinski definition) is 0. The molecule has 106 valence electrons. The van der Waals surface area contributed by atoms with E-state index in [1.165, 1.54) is 0 Å². The van der Waals surface area contributed by atoms with Crippen LogP contribution in [0.25, 0.3) is 0 Å². The quantitative estimate of drug-likeness (QED) is 0.835. The third-order valence-corrected chi connectivity index (χ3v) is 3.39. The Hall–Kier alpha value is -1.78. The van der Waals surface area contributed by atoms with E-state index in [0.717, 1.165) is 11.4 Å². The van der Waals surface area contributed by atoms with Crippen LogP contribution < -0.4 is 0 Å². The molecule has 2 unspecified atom stereocenters. The Kier molecular flexibility index (Phi) is 4.82. The standard InChI is InChI=1S/C16H22N4/c1-19(2)15(13-9-5-7-11-17-13)16(20(3)4)14-10-6-8-12-18-14/h5-12,15-16H,1-4H3. The van der Waals surface area contributed by atoms with Crippen molar-refractivity contribution < 1.29 is 0 Å². The molecule has 2 aromatic rings. The van der Waals surface area contributed by atoms with Gasteiger partial charge in [0.05, 0.1) is 23.5 Å². The van der Waals surface area contributed by atoms with Crippen molar-refractivity contribution in [3.63, 3.8) is 0 Å². The van der Waals surface area contributed by atoms with Crippen molar-refractivity contribution in [1.82, 2.24) is 19.8 Å². The minimum atomic E-state index is 0.154. The van der Waals surface area contributed by atoms with Crippen molar-refractivity contribution in [1.29, 1.82) is 0 Å². The van der Waals surface area contributed by atoms with Gasteiger partial charge in [0.15, 0.2) is 0 Å². The van der Waals surface area contributed by atoms with Gasteiger partial charge in [0.2, 0.25) is 0 Å². The molecule has 0 saturated carbocycles. The Morgan fingerprint density at radius 3 is 1.35 bits per heavy atom. The van der Waals surface area contributed by atoms with E-state index in [-0.39, 0.29) is 12.1 Å². The van der Waals surface area contributed by atoms with Gasteiger partial charge in [-0.3, -0.25) is 19.8 Å². The van der Waals surface area contributed by atoms with Gasteiger partial charge in [-0.1, -0.05) is 12.1 Å². The molecule has 0 saturated heterocycles. The molecular formula is C16H22N4. The van der Waals surface area contributed by atoms with Crippen LogP contribution in [0.15, 0.2) is 48.8 Å². The van der Waals surface area contributed by atoms with Gasteiger partial charge < -0.3 is 0 Å². The van der Waals surface area contributed by atoms with Gasteiger partial charge >= 0.3 is 0 Å². The lowest BCUT2D eigenvalue weighted by atomic mass is 9.98. The summed E-state index contributed by atoms with van der Waals surface area (Å²) in [6.45, 7) is 0. The number of rotatable bonds is 5. The molecule has 0 bridgehead atoms. The molecule has 2 rings (SSSR count). The largest absolute Gasteiger partial charge is 0.299 e. The summed E-state index contributed by atoms with van der Waals surface area (Å²) in [5, 5.41) is 0. The molecule has 4 heteroatoms. The molecule has 0 aliphatic rings. The van der Waals surface area contributed by atoms with Gasteiger partial charge in [-0.2, -0.15) is 0 Å². The average Bonchev–Trinajstić information content (AvgIpc) is 2.45. The average molecular weight is 270 g/mol. The van der Waals surface area contributed by atoms with Crippen LogP contribution in [-0.4, -0.2) is 48.0 Å². The van der Waals surface area contributed by atoms with Crippen molar-refractivity contribution in [3.05, 3.63) is 60.2 Å². The zero-order valence-corrected chi connectivity index (χ0v) is 12.6. The Balaban J connectivity index is 2.44. The maximum atomic E-state index is 4.53. The number of aromatic nitrogens is 2. The Morgan fingerprint density at radius 1 is 0.700 bits per heavy atom. The second kappa shape index (κ2) is 6.59. The molecule has 2 heterocycles. The first-order valence-electron chi connectivity index (χ1n) is 6.76. The fourth-order valence-electron chi connectivity index (χ4n) is 2.52. The molecular weight excluding hydrogens is 248 g/mol. The number of nitrogens with zero attached hydrogens (tertiary/aromatic N) is 4. The summed E-state index contributed by atoms with van der Waals surface area (Å²) in [5.74, 6) is 0. The van der Waals surface area contributed by atoms with Crippen molar-refractivity contribution in [2.24, 2.45) is 0 Å². The van der Waals surface area contributed by atoms with Crippen LogP contribution in [0.5, 0.6) is 0 Å². The van der Waals surface area contributed by atoms with Crippen LogP contribution in [0.1, 0.15) is 23.5 Å². The predicted octanol–water partition coefficient (Wildman–Crippen LogP) is 2.38. The first-order chi connectivity index (χ1) is 9.61. The fourth-order valence-corrected chi connectivity index (χ4v) is 2.52. The Labute approximate surface area is 121 Å². The monoisotopic (exact) mass is 270 g/mol. The van der Waals surface area contributed by atoms with Crippen LogP contribution in [0.4, 0.5) is 0 Å². The highest BCUT2D eigenvalue weighted by Gasteiger charge is 2.30. The molecule has 0 aliphatic heterocycles. The number of likely N-dealkylation sites (N-methyl/N-ethyl adjacent to an activating group) is 2. The first kappa shape index (κ1) is 14.6. The van der Waals surface area contributed by atoms with Crippen LogP contribution in [0.2, 0.25) is 0 Å². The summed E-state index contributed by atoms with van der Waals surface area (Å²) in [6.07, 6.45) is 3.69. The van der Waals surface area contributed by atoms with Gasteiger partial charge in [-0.05, 0) is 52.5 Å². The molecule has 0 amide bonds. The van der Waals surface area contributed by atoms with Gasteiger partial charge in [-0.15, -0.1) is 0 Å². The molecule has 2 atom stereocenters. The van der Waals surface area contributed by atoms with E-state index in [2.05, 4.69) is 60.1 Å². The van der Waals surface area contributed by atoms with Crippen LogP contribution in [-0.2, 0) is 0 Å². The van der Waals surface area contributed by atoms with Crippen molar-refractivity contribution in [2.75, 3.05) is 28.2 Å². The maximum Gasteiger partial charge on any atom is 0.0730 e. The summed E-state index contributed by atoms with van der Waals surface area (Å²) in [7, 11) is 8.33. The zero-order chi connectivity index (χ0) is 14.5. The summed E-state index contributed by atoms with van der Waals surface area (Å²) < 4.78 is 0. The van der Waals surface area contributed by atoms with E-state index >= 15 is 0 Å². The van der Waals surface area contributed by atoms with E-state index in [1.807, 2.05) is 36.7 Å². The topological polar surface area (TPSA) is 32.3 Å². The molecule has 0 N–H and O–H groups in total. The highest BCUT2D eigenvalue weighted by atomic mass is 15.2. The smallest absolute Gasteiger partial charge is 0.0730 e. The van der Waals surface area contributed by atoms with Gasteiger partial charge in [-0.25, -0.2) is 0 Å². The van der Waals surface area contributed by atoms with Gasteiger partial charge in [0.1, 0.15) is 0 Å². The zero-order valence-electron chi connectivity index (χ0n) is 12.6. The summed E-state index contributed by atoms with van der Waals surface area (Å²) in [5.41, 5.74) is 2.11. The summed E-state index contributed by atoms with van der Waals surface area (Å²) >= 11 is 0. The normalized spacial score (nSPS) is 14.5. The minimum absolute atomic E-state index is 0.154. The molecule has 0 spiro atoms. The summed E-state index contributed by atoms with van der Waals surface area (Å²) in [6, 6.07) is 12.4. The van der Waals surface area contributed by atoms with E-state index in [0.29, 0.717) is 0 Å². The van der Waals surface area contributed by atoms with E-state index < -0.39 is 0 Å². The van der Waals surface area contributed by atoms with Crippen molar-refractivity contribution in [2.45, 2.75) is 12.1 Å². The molecule has 20 heavy (non-hydrogen) atoms. The first-order valence-corrected chi connectivity index (χ1v) is 6.76. The third kappa shape index (κ3) is 3.21. The minimum Gasteiger partial charge on any atom is -0.299 e. The maximum absolute atomic E-state index is 4.53. The van der Waals surface area contributed by atoms with Gasteiger partial charge in [0.25, 0.3) is 0 Å². The number of hydrogen-bond acceptors (Lipinski definition) is 4. The van der Waals surface area contributed by atoms with E-state index in [1.54, 1.807) is 0 Å². The van der Waals surface area contributed by atoms with E-state index in [9.17, 15) is 0 Å². The lowest BCUT2D eigenvalue weighted by Crippen LogP contribution is -2.35. The SMILES string of the molecule is CN(C)C(c1ccccn1)C(c1ccccn1)N(C)C. The van der Waals surface area contributed by atoms with Crippen LogP contribution in [0.3, 0.4) is 0 Å². The molecule has 0 aromatic carbocycles.